The summed E-state index contributed by atoms with van der Waals surface area (Å²) in [5.41, 5.74) is 4.42. The smallest absolute Gasteiger partial charge is 0.228 e. The Morgan fingerprint density at radius 1 is 1.19 bits per heavy atom. The van der Waals surface area contributed by atoms with E-state index in [-0.39, 0.29) is 11.8 Å². The molecule has 1 heterocycles. The van der Waals surface area contributed by atoms with Gasteiger partial charge < -0.3 is 10.6 Å². The van der Waals surface area contributed by atoms with Crippen molar-refractivity contribution in [1.29, 1.82) is 0 Å². The first-order valence-electron chi connectivity index (χ1n) is 7.23. The van der Waals surface area contributed by atoms with E-state index in [1.54, 1.807) is 6.20 Å². The highest BCUT2D eigenvalue weighted by molar-refractivity contribution is 5.93. The van der Waals surface area contributed by atoms with Crippen molar-refractivity contribution in [1.82, 2.24) is 4.98 Å². The minimum absolute atomic E-state index is 0.0811. The van der Waals surface area contributed by atoms with Crippen LogP contribution in [-0.2, 0) is 4.79 Å². The Hall–Kier alpha value is -2.36. The molecule has 1 aromatic heterocycles. The molecule has 0 radical (unpaired) electrons. The van der Waals surface area contributed by atoms with Crippen molar-refractivity contribution in [3.63, 3.8) is 0 Å². The monoisotopic (exact) mass is 281 g/mol. The molecule has 2 aromatic rings. The number of rotatable bonds is 4. The van der Waals surface area contributed by atoms with Crippen LogP contribution in [0.2, 0.25) is 0 Å². The third kappa shape index (κ3) is 3.40. The zero-order chi connectivity index (χ0) is 14.8. The molecule has 0 saturated heterocycles. The van der Waals surface area contributed by atoms with E-state index in [2.05, 4.69) is 47.7 Å². The van der Waals surface area contributed by atoms with Gasteiger partial charge in [-0.2, -0.15) is 0 Å². The standard InChI is InChI=1S/C17H19N3O/c1-11-3-7-15(12(2)9-11)19-14-6-8-16(18-10-14)20-17(21)13-4-5-13/h3,6-10,13,19H,4-5H2,1-2H3,(H,18,20,21). The largest absolute Gasteiger partial charge is 0.354 e. The summed E-state index contributed by atoms with van der Waals surface area (Å²) in [7, 11) is 0. The molecule has 0 bridgehead atoms. The Morgan fingerprint density at radius 2 is 2.00 bits per heavy atom. The molecule has 1 saturated carbocycles. The fraction of sp³-hybridized carbons (Fsp3) is 0.294. The van der Waals surface area contributed by atoms with Gasteiger partial charge in [-0.25, -0.2) is 4.98 Å². The summed E-state index contributed by atoms with van der Waals surface area (Å²) in [6.45, 7) is 4.16. The SMILES string of the molecule is Cc1ccc(Nc2ccc(NC(=O)C3CC3)nc2)c(C)c1. The van der Waals surface area contributed by atoms with E-state index in [1.807, 2.05) is 12.1 Å². The number of nitrogens with zero attached hydrogens (tertiary/aromatic N) is 1. The number of hydrogen-bond donors (Lipinski definition) is 2. The molecule has 1 fully saturated rings. The molecule has 0 spiro atoms. The number of benzene rings is 1. The minimum atomic E-state index is 0.0811. The molecular formula is C17H19N3O. The molecule has 108 valence electrons. The summed E-state index contributed by atoms with van der Waals surface area (Å²) < 4.78 is 0. The molecule has 1 aliphatic rings. The Kier molecular flexibility index (Phi) is 3.60. The summed E-state index contributed by atoms with van der Waals surface area (Å²) in [6, 6.07) is 10.0. The van der Waals surface area contributed by atoms with E-state index in [1.165, 1.54) is 11.1 Å². The Bertz CT molecular complexity index is 660. The van der Waals surface area contributed by atoms with Gasteiger partial charge in [0.2, 0.25) is 5.91 Å². The predicted molar refractivity (Wildman–Crippen MR) is 84.8 cm³/mol. The van der Waals surface area contributed by atoms with E-state index in [0.29, 0.717) is 5.82 Å². The molecular weight excluding hydrogens is 262 g/mol. The number of amides is 1. The number of nitrogens with one attached hydrogen (secondary N) is 2. The van der Waals surface area contributed by atoms with Gasteiger partial charge in [0.15, 0.2) is 0 Å². The van der Waals surface area contributed by atoms with Crippen LogP contribution in [0.25, 0.3) is 0 Å². The van der Waals surface area contributed by atoms with Crippen LogP contribution < -0.4 is 10.6 Å². The zero-order valence-corrected chi connectivity index (χ0v) is 12.3. The molecule has 4 nitrogen and oxygen atoms in total. The molecule has 0 unspecified atom stereocenters. The van der Waals surface area contributed by atoms with Crippen molar-refractivity contribution in [3.8, 4) is 0 Å². The first-order chi connectivity index (χ1) is 10.1. The van der Waals surface area contributed by atoms with Gasteiger partial charge in [0.1, 0.15) is 5.82 Å². The van der Waals surface area contributed by atoms with Crippen LogP contribution in [0.1, 0.15) is 24.0 Å². The lowest BCUT2D eigenvalue weighted by Gasteiger charge is -2.10. The van der Waals surface area contributed by atoms with E-state index in [9.17, 15) is 4.79 Å². The Morgan fingerprint density at radius 3 is 2.62 bits per heavy atom. The average Bonchev–Trinajstić information content (AvgIpc) is 3.28. The van der Waals surface area contributed by atoms with Crippen molar-refractivity contribution in [2.45, 2.75) is 26.7 Å². The van der Waals surface area contributed by atoms with Gasteiger partial charge in [-0.1, -0.05) is 17.7 Å². The fourth-order valence-corrected chi connectivity index (χ4v) is 2.22. The Labute approximate surface area is 124 Å². The Balaban J connectivity index is 1.67. The van der Waals surface area contributed by atoms with Gasteiger partial charge in [-0.3, -0.25) is 4.79 Å². The van der Waals surface area contributed by atoms with Gasteiger partial charge in [-0.05, 0) is 50.5 Å². The lowest BCUT2D eigenvalue weighted by Crippen LogP contribution is -2.14. The van der Waals surface area contributed by atoms with Crippen LogP contribution in [0.5, 0.6) is 0 Å². The van der Waals surface area contributed by atoms with Crippen molar-refractivity contribution in [2.24, 2.45) is 5.92 Å². The topological polar surface area (TPSA) is 54.0 Å². The van der Waals surface area contributed by atoms with Crippen molar-refractivity contribution >= 4 is 23.1 Å². The summed E-state index contributed by atoms with van der Waals surface area (Å²) in [6.07, 6.45) is 3.73. The summed E-state index contributed by atoms with van der Waals surface area (Å²) in [4.78, 5) is 15.9. The normalized spacial score (nSPS) is 13.8. The van der Waals surface area contributed by atoms with E-state index < -0.39 is 0 Å². The third-order valence-corrected chi connectivity index (χ3v) is 3.62. The molecule has 3 rings (SSSR count). The summed E-state index contributed by atoms with van der Waals surface area (Å²) in [5, 5.41) is 6.18. The maximum atomic E-state index is 11.7. The lowest BCUT2D eigenvalue weighted by atomic mass is 10.1. The summed E-state index contributed by atoms with van der Waals surface area (Å²) in [5.74, 6) is 0.885. The van der Waals surface area contributed by atoms with E-state index in [4.69, 9.17) is 0 Å². The second kappa shape index (κ2) is 5.56. The first kappa shape index (κ1) is 13.6. The number of hydrogen-bond acceptors (Lipinski definition) is 3. The maximum absolute atomic E-state index is 11.7. The number of anilines is 3. The van der Waals surface area contributed by atoms with Crippen LogP contribution in [0, 0.1) is 19.8 Å². The molecule has 4 heteroatoms. The molecule has 21 heavy (non-hydrogen) atoms. The van der Waals surface area contributed by atoms with Gasteiger partial charge in [0, 0.05) is 11.6 Å². The number of aryl methyl sites for hydroxylation is 2. The molecule has 0 atom stereocenters. The molecule has 2 N–H and O–H groups in total. The number of carbonyl (C=O) groups is 1. The highest BCUT2D eigenvalue weighted by atomic mass is 16.2. The lowest BCUT2D eigenvalue weighted by molar-refractivity contribution is -0.117. The molecule has 0 aliphatic heterocycles. The quantitative estimate of drug-likeness (QED) is 0.896. The van der Waals surface area contributed by atoms with E-state index in [0.717, 1.165) is 24.2 Å². The van der Waals surface area contributed by atoms with Crippen LogP contribution in [0.15, 0.2) is 36.5 Å². The molecule has 1 aliphatic carbocycles. The minimum Gasteiger partial charge on any atom is -0.354 e. The molecule has 1 aromatic carbocycles. The average molecular weight is 281 g/mol. The third-order valence-electron chi connectivity index (χ3n) is 3.62. The van der Waals surface area contributed by atoms with Gasteiger partial charge in [0.05, 0.1) is 11.9 Å². The predicted octanol–water partition coefficient (Wildman–Crippen LogP) is 3.79. The van der Waals surface area contributed by atoms with Gasteiger partial charge >= 0.3 is 0 Å². The second-order valence-corrected chi connectivity index (χ2v) is 5.64. The highest BCUT2D eigenvalue weighted by Gasteiger charge is 2.29. The fourth-order valence-electron chi connectivity index (χ4n) is 2.22. The second-order valence-electron chi connectivity index (χ2n) is 5.64. The number of aromatic nitrogens is 1. The van der Waals surface area contributed by atoms with Crippen molar-refractivity contribution in [2.75, 3.05) is 10.6 Å². The number of pyridine rings is 1. The zero-order valence-electron chi connectivity index (χ0n) is 12.3. The highest BCUT2D eigenvalue weighted by Crippen LogP contribution is 2.30. The van der Waals surface area contributed by atoms with Crippen LogP contribution >= 0.6 is 0 Å². The number of carbonyl (C=O) groups excluding carboxylic acids is 1. The van der Waals surface area contributed by atoms with Crippen LogP contribution in [-0.4, -0.2) is 10.9 Å². The van der Waals surface area contributed by atoms with Gasteiger partial charge in [0.25, 0.3) is 0 Å². The molecule has 1 amide bonds. The van der Waals surface area contributed by atoms with Crippen molar-refractivity contribution < 1.29 is 4.79 Å². The van der Waals surface area contributed by atoms with Crippen molar-refractivity contribution in [3.05, 3.63) is 47.7 Å². The van der Waals surface area contributed by atoms with E-state index >= 15 is 0 Å². The van der Waals surface area contributed by atoms with Crippen LogP contribution in [0.3, 0.4) is 0 Å². The first-order valence-corrected chi connectivity index (χ1v) is 7.23. The summed E-state index contributed by atoms with van der Waals surface area (Å²) >= 11 is 0. The van der Waals surface area contributed by atoms with Gasteiger partial charge in [-0.15, -0.1) is 0 Å². The van der Waals surface area contributed by atoms with Crippen LogP contribution in [0.4, 0.5) is 17.2 Å². The maximum Gasteiger partial charge on any atom is 0.228 e.